The van der Waals surface area contributed by atoms with Crippen molar-refractivity contribution in [3.8, 4) is 0 Å². The van der Waals surface area contributed by atoms with E-state index >= 15 is 0 Å². The Morgan fingerprint density at radius 1 is 1.57 bits per heavy atom. The molecule has 2 rings (SSSR count). The van der Waals surface area contributed by atoms with Crippen LogP contribution in [-0.4, -0.2) is 47.3 Å². The Morgan fingerprint density at radius 2 is 2.24 bits per heavy atom. The minimum Gasteiger partial charge on any atom is -0.380 e. The zero-order valence-electron chi connectivity index (χ0n) is 13.6. The Morgan fingerprint density at radius 3 is 2.67 bits per heavy atom. The molecule has 1 saturated heterocycles. The Labute approximate surface area is 126 Å². The summed E-state index contributed by atoms with van der Waals surface area (Å²) in [7, 11) is 3.77. The summed E-state index contributed by atoms with van der Waals surface area (Å²) in [5.41, 5.74) is 0.0860. The lowest BCUT2D eigenvalue weighted by Gasteiger charge is -2.41. The van der Waals surface area contributed by atoms with E-state index in [-0.39, 0.29) is 23.4 Å². The fraction of sp³-hybridized carbons (Fsp3) is 0.733. The standard InChI is InChI=1S/C15H26N4O2/c1-11(2)12(13-16-6-7-18(13)4)17-14(20)19(5)8-15(3)9-21-10-15/h6-7,11-12H,8-10H2,1-5H3,(H,17,20)/t12-/m1/s1. The van der Waals surface area contributed by atoms with Crippen molar-refractivity contribution in [3.05, 3.63) is 18.2 Å². The van der Waals surface area contributed by atoms with Gasteiger partial charge < -0.3 is 19.5 Å². The van der Waals surface area contributed by atoms with Gasteiger partial charge in [-0.3, -0.25) is 0 Å². The van der Waals surface area contributed by atoms with Crippen LogP contribution < -0.4 is 5.32 Å². The highest BCUT2D eigenvalue weighted by Gasteiger charge is 2.36. The highest BCUT2D eigenvalue weighted by molar-refractivity contribution is 5.74. The molecular weight excluding hydrogens is 268 g/mol. The molecular formula is C15H26N4O2. The molecule has 1 atom stereocenters. The third-order valence-corrected chi connectivity index (χ3v) is 3.95. The van der Waals surface area contributed by atoms with E-state index in [2.05, 4.69) is 31.1 Å². The number of amides is 2. The summed E-state index contributed by atoms with van der Waals surface area (Å²) in [4.78, 5) is 18.5. The van der Waals surface area contributed by atoms with Crippen LogP contribution in [0.3, 0.4) is 0 Å². The van der Waals surface area contributed by atoms with Crippen molar-refractivity contribution < 1.29 is 9.53 Å². The first-order valence-corrected chi connectivity index (χ1v) is 7.39. The van der Waals surface area contributed by atoms with Crippen molar-refractivity contribution in [1.29, 1.82) is 0 Å². The summed E-state index contributed by atoms with van der Waals surface area (Å²) in [5.74, 6) is 1.15. The van der Waals surface area contributed by atoms with Gasteiger partial charge in [0.15, 0.2) is 0 Å². The Hall–Kier alpha value is -1.56. The number of urea groups is 1. The first-order chi connectivity index (χ1) is 9.82. The molecule has 0 radical (unpaired) electrons. The zero-order valence-corrected chi connectivity index (χ0v) is 13.6. The number of ether oxygens (including phenoxy) is 1. The monoisotopic (exact) mass is 294 g/mol. The normalized spacial score (nSPS) is 18.2. The quantitative estimate of drug-likeness (QED) is 0.901. The van der Waals surface area contributed by atoms with Crippen LogP contribution in [0.4, 0.5) is 4.79 Å². The van der Waals surface area contributed by atoms with Crippen LogP contribution in [0.1, 0.15) is 32.6 Å². The van der Waals surface area contributed by atoms with Gasteiger partial charge in [-0.15, -0.1) is 0 Å². The van der Waals surface area contributed by atoms with Crippen molar-refractivity contribution in [2.24, 2.45) is 18.4 Å². The lowest BCUT2D eigenvalue weighted by atomic mass is 9.88. The Bertz CT molecular complexity index is 494. The molecule has 1 fully saturated rings. The molecule has 0 spiro atoms. The van der Waals surface area contributed by atoms with E-state index in [1.807, 2.05) is 24.9 Å². The zero-order chi connectivity index (χ0) is 15.6. The average molecular weight is 294 g/mol. The van der Waals surface area contributed by atoms with Gasteiger partial charge >= 0.3 is 6.03 Å². The van der Waals surface area contributed by atoms with Gasteiger partial charge in [0, 0.05) is 38.4 Å². The maximum atomic E-state index is 12.4. The van der Waals surface area contributed by atoms with Crippen LogP contribution in [0.25, 0.3) is 0 Å². The van der Waals surface area contributed by atoms with E-state index in [1.165, 1.54) is 0 Å². The number of carbonyl (C=O) groups is 1. The van der Waals surface area contributed by atoms with Crippen LogP contribution >= 0.6 is 0 Å². The van der Waals surface area contributed by atoms with Crippen LogP contribution in [0, 0.1) is 11.3 Å². The third-order valence-electron chi connectivity index (χ3n) is 3.95. The van der Waals surface area contributed by atoms with Gasteiger partial charge in [0.05, 0.1) is 19.3 Å². The molecule has 0 unspecified atom stereocenters. The molecule has 0 aliphatic carbocycles. The van der Waals surface area contributed by atoms with Crippen LogP contribution in [0.5, 0.6) is 0 Å². The number of rotatable bonds is 5. The highest BCUT2D eigenvalue weighted by Crippen LogP contribution is 2.27. The molecule has 1 aromatic heterocycles. The predicted molar refractivity (Wildman–Crippen MR) is 80.9 cm³/mol. The Balaban J connectivity index is 2.00. The van der Waals surface area contributed by atoms with E-state index in [0.29, 0.717) is 6.54 Å². The van der Waals surface area contributed by atoms with Gasteiger partial charge in [0.2, 0.25) is 0 Å². The van der Waals surface area contributed by atoms with E-state index in [1.54, 1.807) is 11.1 Å². The molecule has 6 nitrogen and oxygen atoms in total. The highest BCUT2D eigenvalue weighted by atomic mass is 16.5. The number of hydrogen-bond donors (Lipinski definition) is 1. The molecule has 1 aliphatic rings. The maximum absolute atomic E-state index is 12.4. The van der Waals surface area contributed by atoms with E-state index in [9.17, 15) is 4.79 Å². The number of hydrogen-bond acceptors (Lipinski definition) is 3. The SMILES string of the molecule is CC(C)[C@@H](NC(=O)N(C)CC1(C)COC1)c1nccn1C. The molecule has 118 valence electrons. The molecule has 0 aromatic carbocycles. The maximum Gasteiger partial charge on any atom is 0.317 e. The summed E-state index contributed by atoms with van der Waals surface area (Å²) < 4.78 is 7.19. The Kier molecular flexibility index (Phi) is 4.56. The number of aryl methyl sites for hydroxylation is 1. The van der Waals surface area contributed by atoms with Crippen molar-refractivity contribution in [1.82, 2.24) is 19.8 Å². The number of nitrogens with zero attached hydrogens (tertiary/aromatic N) is 3. The topological polar surface area (TPSA) is 59.4 Å². The van der Waals surface area contributed by atoms with Crippen LogP contribution in [0.15, 0.2) is 12.4 Å². The van der Waals surface area contributed by atoms with Gasteiger partial charge in [-0.1, -0.05) is 20.8 Å². The second kappa shape index (κ2) is 6.05. The number of nitrogens with one attached hydrogen (secondary N) is 1. The fourth-order valence-corrected chi connectivity index (χ4v) is 2.64. The van der Waals surface area contributed by atoms with Gasteiger partial charge in [0.25, 0.3) is 0 Å². The average Bonchev–Trinajstić information content (AvgIpc) is 2.79. The summed E-state index contributed by atoms with van der Waals surface area (Å²) in [6.45, 7) is 8.44. The number of aromatic nitrogens is 2. The van der Waals surface area contributed by atoms with E-state index in [4.69, 9.17) is 4.74 Å². The summed E-state index contributed by atoms with van der Waals surface area (Å²) in [6, 6.07) is -0.157. The van der Waals surface area contributed by atoms with Crippen molar-refractivity contribution in [2.45, 2.75) is 26.8 Å². The molecule has 2 heterocycles. The number of imidazole rings is 1. The van der Waals surface area contributed by atoms with Gasteiger partial charge in [0.1, 0.15) is 5.82 Å². The molecule has 0 bridgehead atoms. The molecule has 2 amide bonds. The summed E-state index contributed by atoms with van der Waals surface area (Å²) >= 11 is 0. The molecule has 1 aromatic rings. The van der Waals surface area contributed by atoms with Crippen LogP contribution in [0.2, 0.25) is 0 Å². The second-order valence-electron chi connectivity index (χ2n) is 6.73. The third kappa shape index (κ3) is 3.56. The largest absolute Gasteiger partial charge is 0.380 e. The van der Waals surface area contributed by atoms with Gasteiger partial charge in [-0.25, -0.2) is 9.78 Å². The predicted octanol–water partition coefficient (Wildman–Crippen LogP) is 1.80. The second-order valence-corrected chi connectivity index (χ2v) is 6.73. The molecule has 21 heavy (non-hydrogen) atoms. The first-order valence-electron chi connectivity index (χ1n) is 7.39. The van der Waals surface area contributed by atoms with Gasteiger partial charge in [-0.05, 0) is 5.92 Å². The molecule has 1 N–H and O–H groups in total. The lowest BCUT2D eigenvalue weighted by Crippen LogP contribution is -2.51. The first kappa shape index (κ1) is 15.8. The summed E-state index contributed by atoms with van der Waals surface area (Å²) in [5, 5.41) is 3.09. The molecule has 0 saturated carbocycles. The molecule has 1 aliphatic heterocycles. The van der Waals surface area contributed by atoms with E-state index < -0.39 is 0 Å². The van der Waals surface area contributed by atoms with Crippen molar-refractivity contribution >= 4 is 6.03 Å². The van der Waals surface area contributed by atoms with E-state index in [0.717, 1.165) is 19.0 Å². The minimum atomic E-state index is -0.0922. The van der Waals surface area contributed by atoms with Crippen molar-refractivity contribution in [3.63, 3.8) is 0 Å². The van der Waals surface area contributed by atoms with Crippen LogP contribution in [-0.2, 0) is 11.8 Å². The lowest BCUT2D eigenvalue weighted by molar-refractivity contribution is -0.108. The summed E-state index contributed by atoms with van der Waals surface area (Å²) in [6.07, 6.45) is 3.65. The smallest absolute Gasteiger partial charge is 0.317 e. The van der Waals surface area contributed by atoms with Crippen molar-refractivity contribution in [2.75, 3.05) is 26.8 Å². The fourth-order valence-electron chi connectivity index (χ4n) is 2.64. The number of carbonyl (C=O) groups excluding carboxylic acids is 1. The molecule has 6 heteroatoms. The van der Waals surface area contributed by atoms with Gasteiger partial charge in [-0.2, -0.15) is 0 Å². The minimum absolute atomic E-state index is 0.0650.